The van der Waals surface area contributed by atoms with Crippen molar-refractivity contribution in [2.24, 2.45) is 0 Å². The normalized spacial score (nSPS) is 9.56. The summed E-state index contributed by atoms with van der Waals surface area (Å²) < 4.78 is 1.77. The number of aryl methyl sites for hydroxylation is 1. The number of aromatic nitrogens is 2. The molecule has 0 spiro atoms. The fraction of sp³-hybridized carbons (Fsp3) is 0.167. The topological polar surface area (TPSA) is 17.8 Å². The van der Waals surface area contributed by atoms with E-state index >= 15 is 0 Å². The van der Waals surface area contributed by atoms with Crippen LogP contribution in [-0.2, 0) is 0 Å². The van der Waals surface area contributed by atoms with Gasteiger partial charge in [0.15, 0.2) is 0 Å². The van der Waals surface area contributed by atoms with Gasteiger partial charge in [0.25, 0.3) is 0 Å². The van der Waals surface area contributed by atoms with E-state index in [1.165, 1.54) is 0 Å². The SMILES string of the molecule is C=Cn1cc(Cl)nc1C. The molecule has 0 N–H and O–H groups in total. The fourth-order valence-electron chi connectivity index (χ4n) is 0.634. The molecule has 0 saturated carbocycles. The number of imidazole rings is 1. The van der Waals surface area contributed by atoms with Crippen LogP contribution in [0, 0.1) is 6.92 Å². The fourth-order valence-corrected chi connectivity index (χ4v) is 0.862. The highest BCUT2D eigenvalue weighted by molar-refractivity contribution is 6.29. The van der Waals surface area contributed by atoms with E-state index in [-0.39, 0.29) is 0 Å². The van der Waals surface area contributed by atoms with Crippen molar-refractivity contribution in [2.45, 2.75) is 6.92 Å². The molecule has 0 aromatic carbocycles. The first kappa shape index (κ1) is 6.36. The minimum absolute atomic E-state index is 0.507. The van der Waals surface area contributed by atoms with Gasteiger partial charge in [-0.15, -0.1) is 0 Å². The number of rotatable bonds is 1. The van der Waals surface area contributed by atoms with Crippen molar-refractivity contribution in [2.75, 3.05) is 0 Å². The third kappa shape index (κ3) is 1.13. The van der Waals surface area contributed by atoms with Gasteiger partial charge in [-0.05, 0) is 6.92 Å². The minimum Gasteiger partial charge on any atom is -0.310 e. The quantitative estimate of drug-likeness (QED) is 0.586. The summed E-state index contributed by atoms with van der Waals surface area (Å²) in [6, 6.07) is 0. The lowest BCUT2D eigenvalue weighted by atomic mass is 10.7. The van der Waals surface area contributed by atoms with Crippen LogP contribution in [0.4, 0.5) is 0 Å². The van der Waals surface area contributed by atoms with Crippen LogP contribution in [-0.4, -0.2) is 9.55 Å². The molecule has 0 atom stereocenters. The van der Waals surface area contributed by atoms with Crippen LogP contribution in [0.2, 0.25) is 5.15 Å². The smallest absolute Gasteiger partial charge is 0.147 e. The van der Waals surface area contributed by atoms with E-state index < -0.39 is 0 Å². The Hall–Kier alpha value is -0.760. The molecule has 1 aromatic heterocycles. The molecule has 0 aliphatic carbocycles. The van der Waals surface area contributed by atoms with Gasteiger partial charge in [0.1, 0.15) is 11.0 Å². The molecule has 0 radical (unpaired) electrons. The first-order chi connectivity index (χ1) is 4.24. The molecule has 0 amide bonds. The van der Waals surface area contributed by atoms with Gasteiger partial charge < -0.3 is 4.57 Å². The zero-order chi connectivity index (χ0) is 6.85. The van der Waals surface area contributed by atoms with Crippen LogP contribution >= 0.6 is 11.6 Å². The van der Waals surface area contributed by atoms with Crippen molar-refractivity contribution < 1.29 is 0 Å². The molecular formula is C6H7ClN2. The Morgan fingerprint density at radius 3 is 2.78 bits per heavy atom. The van der Waals surface area contributed by atoms with Crippen molar-refractivity contribution in [3.63, 3.8) is 0 Å². The molecule has 1 rings (SSSR count). The average Bonchev–Trinajstić information content (AvgIpc) is 2.10. The number of hydrogen-bond donors (Lipinski definition) is 0. The Bertz CT molecular complexity index is 227. The van der Waals surface area contributed by atoms with Crippen LogP contribution in [0.15, 0.2) is 12.8 Å². The van der Waals surface area contributed by atoms with Crippen LogP contribution in [0.25, 0.3) is 6.20 Å². The van der Waals surface area contributed by atoms with Crippen LogP contribution < -0.4 is 0 Å². The summed E-state index contributed by atoms with van der Waals surface area (Å²) in [7, 11) is 0. The summed E-state index contributed by atoms with van der Waals surface area (Å²) in [6.07, 6.45) is 3.37. The summed E-state index contributed by atoms with van der Waals surface area (Å²) >= 11 is 5.56. The second-order valence-electron chi connectivity index (χ2n) is 1.70. The average molecular weight is 143 g/mol. The molecule has 0 aliphatic rings. The summed E-state index contributed by atoms with van der Waals surface area (Å²) in [5, 5.41) is 0.507. The second kappa shape index (κ2) is 2.23. The second-order valence-corrected chi connectivity index (χ2v) is 2.09. The van der Waals surface area contributed by atoms with E-state index in [2.05, 4.69) is 11.6 Å². The molecule has 1 aromatic rings. The predicted molar refractivity (Wildman–Crippen MR) is 38.4 cm³/mol. The molecule has 0 saturated heterocycles. The van der Waals surface area contributed by atoms with Gasteiger partial charge in [0.05, 0.1) is 0 Å². The Morgan fingerprint density at radius 2 is 2.56 bits per heavy atom. The molecule has 0 aliphatic heterocycles. The summed E-state index contributed by atoms with van der Waals surface area (Å²) in [5.74, 6) is 0.856. The molecule has 1 heterocycles. The molecule has 2 nitrogen and oxygen atoms in total. The van der Waals surface area contributed by atoms with E-state index in [1.807, 2.05) is 6.92 Å². The van der Waals surface area contributed by atoms with Crippen LogP contribution in [0.5, 0.6) is 0 Å². The Morgan fingerprint density at radius 1 is 1.89 bits per heavy atom. The van der Waals surface area contributed by atoms with Gasteiger partial charge in [0, 0.05) is 12.4 Å². The molecule has 0 fully saturated rings. The van der Waals surface area contributed by atoms with E-state index in [0.717, 1.165) is 5.82 Å². The zero-order valence-electron chi connectivity index (χ0n) is 5.13. The highest BCUT2D eigenvalue weighted by Gasteiger charge is 1.95. The maximum atomic E-state index is 5.56. The highest BCUT2D eigenvalue weighted by atomic mass is 35.5. The third-order valence-corrected chi connectivity index (χ3v) is 1.27. The van der Waals surface area contributed by atoms with Crippen LogP contribution in [0.1, 0.15) is 5.82 Å². The van der Waals surface area contributed by atoms with Crippen molar-refractivity contribution in [1.82, 2.24) is 9.55 Å². The van der Waals surface area contributed by atoms with Crippen molar-refractivity contribution in [3.8, 4) is 0 Å². The lowest BCUT2D eigenvalue weighted by Crippen LogP contribution is -1.84. The first-order valence-corrected chi connectivity index (χ1v) is 2.95. The van der Waals surface area contributed by atoms with E-state index in [1.54, 1.807) is 17.0 Å². The Kier molecular flexibility index (Phi) is 1.58. The first-order valence-electron chi connectivity index (χ1n) is 2.57. The van der Waals surface area contributed by atoms with E-state index in [9.17, 15) is 0 Å². The minimum atomic E-state index is 0.507. The summed E-state index contributed by atoms with van der Waals surface area (Å²) in [5.41, 5.74) is 0. The number of hydrogen-bond acceptors (Lipinski definition) is 1. The molecule has 0 unspecified atom stereocenters. The molecule has 9 heavy (non-hydrogen) atoms. The van der Waals surface area contributed by atoms with Crippen molar-refractivity contribution in [3.05, 3.63) is 23.8 Å². The molecular weight excluding hydrogens is 136 g/mol. The lowest BCUT2D eigenvalue weighted by Gasteiger charge is -1.89. The van der Waals surface area contributed by atoms with Crippen molar-refractivity contribution in [1.29, 1.82) is 0 Å². The number of nitrogens with zero attached hydrogens (tertiary/aromatic N) is 2. The van der Waals surface area contributed by atoms with Gasteiger partial charge in [0.2, 0.25) is 0 Å². The monoisotopic (exact) mass is 142 g/mol. The molecule has 3 heteroatoms. The van der Waals surface area contributed by atoms with Gasteiger partial charge in [-0.1, -0.05) is 18.2 Å². The predicted octanol–water partition coefficient (Wildman–Crippen LogP) is 1.95. The largest absolute Gasteiger partial charge is 0.310 e. The Labute approximate surface area is 58.8 Å². The van der Waals surface area contributed by atoms with Gasteiger partial charge >= 0.3 is 0 Å². The summed E-state index contributed by atoms with van der Waals surface area (Å²) in [6.45, 7) is 5.44. The summed E-state index contributed by atoms with van der Waals surface area (Å²) in [4.78, 5) is 3.94. The number of halogens is 1. The van der Waals surface area contributed by atoms with Gasteiger partial charge in [-0.25, -0.2) is 4.98 Å². The molecule has 48 valence electrons. The highest BCUT2D eigenvalue weighted by Crippen LogP contribution is 2.06. The molecule has 0 bridgehead atoms. The van der Waals surface area contributed by atoms with Crippen molar-refractivity contribution >= 4 is 17.8 Å². The standard InChI is InChI=1S/C6H7ClN2/c1-3-9-4-6(7)8-5(9)2/h3-4H,1H2,2H3. The maximum absolute atomic E-state index is 5.56. The van der Waals surface area contributed by atoms with Gasteiger partial charge in [-0.3, -0.25) is 0 Å². The zero-order valence-corrected chi connectivity index (χ0v) is 5.89. The van der Waals surface area contributed by atoms with Gasteiger partial charge in [-0.2, -0.15) is 0 Å². The lowest BCUT2D eigenvalue weighted by molar-refractivity contribution is 1.03. The van der Waals surface area contributed by atoms with E-state index in [0.29, 0.717) is 5.15 Å². The third-order valence-electron chi connectivity index (χ3n) is 1.08. The maximum Gasteiger partial charge on any atom is 0.147 e. The van der Waals surface area contributed by atoms with Crippen LogP contribution in [0.3, 0.4) is 0 Å². The Balaban J connectivity index is 3.15. The van der Waals surface area contributed by atoms with E-state index in [4.69, 9.17) is 11.6 Å².